The van der Waals surface area contributed by atoms with Crippen molar-refractivity contribution in [3.63, 3.8) is 0 Å². The summed E-state index contributed by atoms with van der Waals surface area (Å²) in [4.78, 5) is 4.16. The van der Waals surface area contributed by atoms with E-state index in [1.165, 1.54) is 5.69 Å². The summed E-state index contributed by atoms with van der Waals surface area (Å²) in [6, 6.07) is 0. The SMILES string of the molecule is CCCNCc1cncn1CC(C)OC. The quantitative estimate of drug-likeness (QED) is 0.693. The number of imidazole rings is 1. The lowest BCUT2D eigenvalue weighted by atomic mass is 10.3. The number of nitrogens with one attached hydrogen (secondary N) is 1. The molecule has 0 amide bonds. The van der Waals surface area contributed by atoms with Crippen molar-refractivity contribution in [1.82, 2.24) is 14.9 Å². The molecular weight excluding hydrogens is 190 g/mol. The summed E-state index contributed by atoms with van der Waals surface area (Å²) in [7, 11) is 1.73. The van der Waals surface area contributed by atoms with Crippen LogP contribution in [-0.2, 0) is 17.8 Å². The number of rotatable bonds is 7. The predicted molar refractivity (Wildman–Crippen MR) is 60.7 cm³/mol. The van der Waals surface area contributed by atoms with Gasteiger partial charge in [-0.1, -0.05) is 6.92 Å². The van der Waals surface area contributed by atoms with Gasteiger partial charge >= 0.3 is 0 Å². The van der Waals surface area contributed by atoms with Crippen LogP contribution in [0.5, 0.6) is 0 Å². The lowest BCUT2D eigenvalue weighted by Gasteiger charge is -2.13. The largest absolute Gasteiger partial charge is 0.380 e. The zero-order valence-corrected chi connectivity index (χ0v) is 9.86. The fourth-order valence-corrected chi connectivity index (χ4v) is 1.40. The van der Waals surface area contributed by atoms with Crippen LogP contribution in [0.15, 0.2) is 12.5 Å². The van der Waals surface area contributed by atoms with Crippen LogP contribution in [0.3, 0.4) is 0 Å². The van der Waals surface area contributed by atoms with Crippen molar-refractivity contribution in [1.29, 1.82) is 0 Å². The third-order valence-electron chi connectivity index (χ3n) is 2.39. The highest BCUT2D eigenvalue weighted by molar-refractivity contribution is 4.98. The van der Waals surface area contributed by atoms with E-state index < -0.39 is 0 Å². The summed E-state index contributed by atoms with van der Waals surface area (Å²) >= 11 is 0. The van der Waals surface area contributed by atoms with Gasteiger partial charge in [-0.05, 0) is 19.9 Å². The first-order chi connectivity index (χ1) is 7.27. The molecule has 1 unspecified atom stereocenters. The molecule has 0 radical (unpaired) electrons. The molecule has 1 rings (SSSR count). The van der Waals surface area contributed by atoms with E-state index >= 15 is 0 Å². The molecule has 1 aromatic heterocycles. The first-order valence-corrected chi connectivity index (χ1v) is 5.50. The fraction of sp³-hybridized carbons (Fsp3) is 0.727. The normalized spacial score (nSPS) is 13.0. The number of hydrogen-bond acceptors (Lipinski definition) is 3. The van der Waals surface area contributed by atoms with Crippen LogP contribution in [0.1, 0.15) is 26.0 Å². The molecule has 1 N–H and O–H groups in total. The summed E-state index contributed by atoms with van der Waals surface area (Å²) in [6.45, 7) is 7.01. The van der Waals surface area contributed by atoms with Gasteiger partial charge in [-0.25, -0.2) is 4.98 Å². The van der Waals surface area contributed by atoms with E-state index in [-0.39, 0.29) is 6.10 Å². The Bertz CT molecular complexity index is 273. The van der Waals surface area contributed by atoms with Crippen molar-refractivity contribution >= 4 is 0 Å². The van der Waals surface area contributed by atoms with Crippen LogP contribution in [0.2, 0.25) is 0 Å². The second kappa shape index (κ2) is 6.58. The average Bonchev–Trinajstić information content (AvgIpc) is 2.66. The number of nitrogens with zero attached hydrogens (tertiary/aromatic N) is 2. The molecule has 1 atom stereocenters. The van der Waals surface area contributed by atoms with Crippen molar-refractivity contribution in [3.05, 3.63) is 18.2 Å². The van der Waals surface area contributed by atoms with Gasteiger partial charge in [0.1, 0.15) is 0 Å². The molecule has 0 bridgehead atoms. The van der Waals surface area contributed by atoms with Crippen molar-refractivity contribution in [3.8, 4) is 0 Å². The van der Waals surface area contributed by atoms with Gasteiger partial charge in [0.2, 0.25) is 0 Å². The van der Waals surface area contributed by atoms with Crippen LogP contribution in [0.4, 0.5) is 0 Å². The Kier molecular flexibility index (Phi) is 5.36. The van der Waals surface area contributed by atoms with Gasteiger partial charge in [0.25, 0.3) is 0 Å². The van der Waals surface area contributed by atoms with E-state index in [4.69, 9.17) is 4.74 Å². The maximum Gasteiger partial charge on any atom is 0.0949 e. The molecule has 1 heterocycles. The molecule has 0 saturated heterocycles. The highest BCUT2D eigenvalue weighted by Crippen LogP contribution is 2.02. The van der Waals surface area contributed by atoms with E-state index in [9.17, 15) is 0 Å². The molecule has 1 aromatic rings. The van der Waals surface area contributed by atoms with Crippen LogP contribution < -0.4 is 5.32 Å². The van der Waals surface area contributed by atoms with E-state index in [1.54, 1.807) is 7.11 Å². The van der Waals surface area contributed by atoms with Gasteiger partial charge in [-0.15, -0.1) is 0 Å². The number of methoxy groups -OCH3 is 1. The summed E-state index contributed by atoms with van der Waals surface area (Å²) in [5.41, 5.74) is 1.22. The molecule has 0 aliphatic rings. The topological polar surface area (TPSA) is 39.1 Å². The Morgan fingerprint density at radius 2 is 2.40 bits per heavy atom. The lowest BCUT2D eigenvalue weighted by Crippen LogP contribution is -2.20. The van der Waals surface area contributed by atoms with E-state index in [1.807, 2.05) is 12.5 Å². The fourth-order valence-electron chi connectivity index (χ4n) is 1.40. The van der Waals surface area contributed by atoms with Crippen LogP contribution in [0, 0.1) is 0 Å². The smallest absolute Gasteiger partial charge is 0.0949 e. The molecule has 0 aromatic carbocycles. The molecule has 0 spiro atoms. The number of ether oxygens (including phenoxy) is 1. The number of hydrogen-bond donors (Lipinski definition) is 1. The molecule has 0 fully saturated rings. The first-order valence-electron chi connectivity index (χ1n) is 5.50. The maximum atomic E-state index is 5.24. The van der Waals surface area contributed by atoms with Crippen molar-refractivity contribution in [2.24, 2.45) is 0 Å². The minimum Gasteiger partial charge on any atom is -0.380 e. The van der Waals surface area contributed by atoms with Gasteiger partial charge in [0.05, 0.1) is 18.1 Å². The lowest BCUT2D eigenvalue weighted by molar-refractivity contribution is 0.102. The summed E-state index contributed by atoms with van der Waals surface area (Å²) in [6.07, 6.45) is 5.15. The minimum absolute atomic E-state index is 0.226. The van der Waals surface area contributed by atoms with Gasteiger partial charge in [-0.2, -0.15) is 0 Å². The second-order valence-electron chi connectivity index (χ2n) is 3.76. The van der Waals surface area contributed by atoms with Crippen molar-refractivity contribution in [2.75, 3.05) is 13.7 Å². The Morgan fingerprint density at radius 1 is 1.60 bits per heavy atom. The third-order valence-corrected chi connectivity index (χ3v) is 2.39. The van der Waals surface area contributed by atoms with Gasteiger partial charge < -0.3 is 14.6 Å². The van der Waals surface area contributed by atoms with Crippen molar-refractivity contribution in [2.45, 2.75) is 39.5 Å². The van der Waals surface area contributed by atoms with E-state index in [0.29, 0.717) is 0 Å². The zero-order chi connectivity index (χ0) is 11.1. The first kappa shape index (κ1) is 12.2. The van der Waals surface area contributed by atoms with E-state index in [0.717, 1.165) is 26.1 Å². The molecule has 4 nitrogen and oxygen atoms in total. The third kappa shape index (κ3) is 4.01. The van der Waals surface area contributed by atoms with Crippen LogP contribution >= 0.6 is 0 Å². The minimum atomic E-state index is 0.226. The van der Waals surface area contributed by atoms with Crippen LogP contribution in [0.25, 0.3) is 0 Å². The highest BCUT2D eigenvalue weighted by atomic mass is 16.5. The monoisotopic (exact) mass is 211 g/mol. The standard InChI is InChI=1S/C11H21N3O/c1-4-5-12-6-11-7-13-9-14(11)8-10(2)15-3/h7,9-10,12H,4-6,8H2,1-3H3. The van der Waals surface area contributed by atoms with Gasteiger partial charge in [-0.3, -0.25) is 0 Å². The second-order valence-corrected chi connectivity index (χ2v) is 3.76. The predicted octanol–water partition coefficient (Wildman–Crippen LogP) is 1.42. The molecule has 15 heavy (non-hydrogen) atoms. The summed E-state index contributed by atoms with van der Waals surface area (Å²) in [5.74, 6) is 0. The summed E-state index contributed by atoms with van der Waals surface area (Å²) in [5, 5.41) is 3.37. The molecule has 0 aliphatic heterocycles. The van der Waals surface area contributed by atoms with Crippen molar-refractivity contribution < 1.29 is 4.74 Å². The van der Waals surface area contributed by atoms with E-state index in [2.05, 4.69) is 28.7 Å². The Balaban J connectivity index is 2.45. The van der Waals surface area contributed by atoms with Crippen LogP contribution in [-0.4, -0.2) is 29.3 Å². The summed E-state index contributed by atoms with van der Waals surface area (Å²) < 4.78 is 7.37. The molecule has 86 valence electrons. The molecular formula is C11H21N3O. The highest BCUT2D eigenvalue weighted by Gasteiger charge is 2.05. The number of aromatic nitrogens is 2. The molecule has 0 saturated carbocycles. The Morgan fingerprint density at radius 3 is 3.07 bits per heavy atom. The molecule has 4 heteroatoms. The van der Waals surface area contributed by atoms with Gasteiger partial charge in [0.15, 0.2) is 0 Å². The maximum absolute atomic E-state index is 5.24. The Hall–Kier alpha value is -0.870. The zero-order valence-electron chi connectivity index (χ0n) is 9.86. The van der Waals surface area contributed by atoms with Gasteiger partial charge in [0, 0.05) is 26.4 Å². The average molecular weight is 211 g/mol. The Labute approximate surface area is 91.7 Å². The molecule has 0 aliphatic carbocycles.